The summed E-state index contributed by atoms with van der Waals surface area (Å²) in [4.78, 5) is 4.32. The van der Waals surface area contributed by atoms with E-state index in [1.807, 2.05) is 25.1 Å². The molecule has 11 heavy (non-hydrogen) atoms. The molecule has 0 saturated heterocycles. The van der Waals surface area contributed by atoms with Crippen molar-refractivity contribution in [3.63, 3.8) is 0 Å². The van der Waals surface area contributed by atoms with Crippen molar-refractivity contribution in [3.05, 3.63) is 23.9 Å². The van der Waals surface area contributed by atoms with Gasteiger partial charge in [0.15, 0.2) is 0 Å². The highest BCUT2D eigenvalue weighted by atomic mass is 35.5. The van der Waals surface area contributed by atoms with Crippen molar-refractivity contribution < 1.29 is 0 Å². The minimum absolute atomic E-state index is 0.681. The minimum Gasteiger partial charge on any atom is -0.247 e. The van der Waals surface area contributed by atoms with Gasteiger partial charge in [0, 0.05) is 17.3 Å². The van der Waals surface area contributed by atoms with Gasteiger partial charge in [0.25, 0.3) is 0 Å². The van der Waals surface area contributed by atoms with E-state index in [1.54, 1.807) is 11.8 Å². The maximum atomic E-state index is 5.54. The predicted octanol–water partition coefficient (Wildman–Crippen LogP) is 2.72. The lowest BCUT2D eigenvalue weighted by atomic mass is 10.4. The van der Waals surface area contributed by atoms with Crippen LogP contribution in [0.5, 0.6) is 0 Å². The van der Waals surface area contributed by atoms with Crippen LogP contribution in [0.4, 0.5) is 0 Å². The lowest BCUT2D eigenvalue weighted by Crippen LogP contribution is -1.85. The molecule has 1 heterocycles. The number of nitrogens with zero attached hydrogens (tertiary/aromatic N) is 1. The summed E-state index contributed by atoms with van der Waals surface area (Å²) in [5, 5.41) is 1.06. The molecule has 0 N–H and O–H groups in total. The maximum Gasteiger partial charge on any atom is 0.0963 e. The molecule has 3 heteroatoms. The van der Waals surface area contributed by atoms with Crippen LogP contribution in [0.1, 0.15) is 5.69 Å². The Hall–Kier alpha value is -0.210. The summed E-state index contributed by atoms with van der Waals surface area (Å²) in [5.74, 6) is 1.61. The molecule has 0 unspecified atom stereocenters. The van der Waals surface area contributed by atoms with Gasteiger partial charge in [-0.1, -0.05) is 6.07 Å². The fourth-order valence-electron chi connectivity index (χ4n) is 0.742. The van der Waals surface area contributed by atoms with E-state index < -0.39 is 0 Å². The van der Waals surface area contributed by atoms with E-state index in [4.69, 9.17) is 11.6 Å². The fourth-order valence-corrected chi connectivity index (χ4v) is 1.64. The first kappa shape index (κ1) is 8.88. The Morgan fingerprint density at radius 3 is 3.00 bits per heavy atom. The third-order valence-electron chi connectivity index (χ3n) is 1.19. The van der Waals surface area contributed by atoms with Crippen LogP contribution < -0.4 is 0 Å². The molecule has 0 atom stereocenters. The summed E-state index contributed by atoms with van der Waals surface area (Å²) < 4.78 is 0. The van der Waals surface area contributed by atoms with Crippen LogP contribution >= 0.6 is 23.4 Å². The van der Waals surface area contributed by atoms with Crippen molar-refractivity contribution in [1.82, 2.24) is 4.98 Å². The van der Waals surface area contributed by atoms with Gasteiger partial charge >= 0.3 is 0 Å². The molecular weight excluding hydrogens is 178 g/mol. The first-order valence-corrected chi connectivity index (χ1v) is 4.97. The minimum atomic E-state index is 0.681. The van der Waals surface area contributed by atoms with E-state index in [9.17, 15) is 0 Å². The molecule has 1 nitrogen and oxygen atoms in total. The Morgan fingerprint density at radius 1 is 1.55 bits per heavy atom. The van der Waals surface area contributed by atoms with E-state index in [0.717, 1.165) is 16.5 Å². The largest absolute Gasteiger partial charge is 0.247 e. The zero-order chi connectivity index (χ0) is 8.10. The molecule has 0 bridgehead atoms. The molecule has 0 aromatic carbocycles. The van der Waals surface area contributed by atoms with E-state index in [2.05, 4.69) is 4.98 Å². The topological polar surface area (TPSA) is 12.9 Å². The van der Waals surface area contributed by atoms with Crippen LogP contribution in [0.2, 0.25) is 0 Å². The average Bonchev–Trinajstić information content (AvgIpc) is 2.01. The summed E-state index contributed by atoms with van der Waals surface area (Å²) in [7, 11) is 0. The first-order chi connectivity index (χ1) is 5.33. The van der Waals surface area contributed by atoms with E-state index in [0.29, 0.717) is 5.88 Å². The molecule has 0 aliphatic carbocycles. The van der Waals surface area contributed by atoms with Crippen molar-refractivity contribution >= 4 is 23.4 Å². The summed E-state index contributed by atoms with van der Waals surface area (Å²) >= 11 is 7.23. The number of aromatic nitrogens is 1. The highest BCUT2D eigenvalue weighted by Gasteiger charge is 1.93. The average molecular weight is 188 g/mol. The smallest absolute Gasteiger partial charge is 0.0963 e. The van der Waals surface area contributed by atoms with Gasteiger partial charge in [0.2, 0.25) is 0 Å². The Balaban J connectivity index is 2.56. The van der Waals surface area contributed by atoms with Crippen molar-refractivity contribution in [2.24, 2.45) is 0 Å². The third-order valence-corrected chi connectivity index (χ3v) is 2.53. The Morgan fingerprint density at radius 2 is 2.36 bits per heavy atom. The zero-order valence-corrected chi connectivity index (χ0v) is 7.95. The van der Waals surface area contributed by atoms with Crippen molar-refractivity contribution in [1.29, 1.82) is 0 Å². The van der Waals surface area contributed by atoms with Crippen LogP contribution in [0.3, 0.4) is 0 Å². The second kappa shape index (κ2) is 4.62. The van der Waals surface area contributed by atoms with Gasteiger partial charge in [-0.15, -0.1) is 23.4 Å². The lowest BCUT2D eigenvalue weighted by molar-refractivity contribution is 1.06. The highest BCUT2D eigenvalue weighted by Crippen LogP contribution is 2.14. The molecule has 1 rings (SSSR count). The van der Waals surface area contributed by atoms with Crippen LogP contribution in [0.25, 0.3) is 0 Å². The second-order valence-corrected chi connectivity index (χ2v) is 3.65. The van der Waals surface area contributed by atoms with Gasteiger partial charge in [-0.3, -0.25) is 0 Å². The number of halogens is 1. The number of hydrogen-bond acceptors (Lipinski definition) is 2. The van der Waals surface area contributed by atoms with E-state index >= 15 is 0 Å². The van der Waals surface area contributed by atoms with Gasteiger partial charge < -0.3 is 0 Å². The van der Waals surface area contributed by atoms with Crippen molar-refractivity contribution in [2.45, 2.75) is 11.9 Å². The standard InChI is InChI=1S/C8H10ClNS/c1-7-3-2-4-8(10-7)11-6-5-9/h2-4H,5-6H2,1H3. The number of hydrogen-bond donors (Lipinski definition) is 0. The molecule has 60 valence electrons. The van der Waals surface area contributed by atoms with E-state index in [-0.39, 0.29) is 0 Å². The van der Waals surface area contributed by atoms with Crippen LogP contribution in [0, 0.1) is 6.92 Å². The molecule has 0 fully saturated rings. The quantitative estimate of drug-likeness (QED) is 0.533. The van der Waals surface area contributed by atoms with Gasteiger partial charge in [0.05, 0.1) is 5.03 Å². The summed E-state index contributed by atoms with van der Waals surface area (Å²) in [6, 6.07) is 6.01. The maximum absolute atomic E-state index is 5.54. The Labute approximate surface area is 76.2 Å². The molecule has 0 radical (unpaired) electrons. The van der Waals surface area contributed by atoms with Crippen molar-refractivity contribution in [2.75, 3.05) is 11.6 Å². The second-order valence-electron chi connectivity index (χ2n) is 2.15. The molecule has 0 spiro atoms. The predicted molar refractivity (Wildman–Crippen MR) is 50.4 cm³/mol. The lowest BCUT2D eigenvalue weighted by Gasteiger charge is -1.97. The normalized spacial score (nSPS) is 10.0. The molecule has 0 amide bonds. The van der Waals surface area contributed by atoms with Crippen LogP contribution in [-0.4, -0.2) is 16.6 Å². The van der Waals surface area contributed by atoms with Crippen LogP contribution in [-0.2, 0) is 0 Å². The molecule has 1 aromatic heterocycles. The fraction of sp³-hybridized carbons (Fsp3) is 0.375. The number of thioether (sulfide) groups is 1. The van der Waals surface area contributed by atoms with Gasteiger partial charge in [0.1, 0.15) is 0 Å². The van der Waals surface area contributed by atoms with Crippen molar-refractivity contribution in [3.8, 4) is 0 Å². The number of rotatable bonds is 3. The van der Waals surface area contributed by atoms with Crippen LogP contribution in [0.15, 0.2) is 23.2 Å². The molecular formula is C8H10ClNS. The number of pyridine rings is 1. The third kappa shape index (κ3) is 3.12. The molecule has 0 aliphatic heterocycles. The number of aryl methyl sites for hydroxylation is 1. The SMILES string of the molecule is Cc1cccc(SCCCl)n1. The monoisotopic (exact) mass is 187 g/mol. The summed E-state index contributed by atoms with van der Waals surface area (Å²) in [5.41, 5.74) is 1.06. The molecule has 1 aromatic rings. The zero-order valence-electron chi connectivity index (χ0n) is 6.38. The van der Waals surface area contributed by atoms with Gasteiger partial charge in [-0.05, 0) is 19.1 Å². The number of alkyl halides is 1. The van der Waals surface area contributed by atoms with Gasteiger partial charge in [-0.2, -0.15) is 0 Å². The Bertz CT molecular complexity index is 227. The van der Waals surface area contributed by atoms with Gasteiger partial charge in [-0.25, -0.2) is 4.98 Å². The Kier molecular flexibility index (Phi) is 3.73. The summed E-state index contributed by atoms with van der Waals surface area (Å²) in [6.45, 7) is 1.99. The molecule has 0 saturated carbocycles. The first-order valence-electron chi connectivity index (χ1n) is 3.45. The highest BCUT2D eigenvalue weighted by molar-refractivity contribution is 7.99. The summed E-state index contributed by atoms with van der Waals surface area (Å²) in [6.07, 6.45) is 0. The van der Waals surface area contributed by atoms with E-state index in [1.165, 1.54) is 0 Å². The molecule has 0 aliphatic rings.